The highest BCUT2D eigenvalue weighted by molar-refractivity contribution is 5.95. The monoisotopic (exact) mass is 285 g/mol. The first-order chi connectivity index (χ1) is 9.24. The molecule has 0 aliphatic rings. The summed E-state index contributed by atoms with van der Waals surface area (Å²) in [5.74, 6) is -0.881. The lowest BCUT2D eigenvalue weighted by Gasteiger charge is -1.97. The van der Waals surface area contributed by atoms with Crippen molar-refractivity contribution in [3.05, 3.63) is 53.6 Å². The molecule has 0 amide bonds. The number of carbonyl (C=O) groups is 1. The number of hydrogen-bond acceptors (Lipinski definition) is 1. The van der Waals surface area contributed by atoms with Gasteiger partial charge in [0.25, 0.3) is 0 Å². The fourth-order valence-corrected chi connectivity index (χ4v) is 1.81. The molecule has 0 fully saturated rings. The van der Waals surface area contributed by atoms with Gasteiger partial charge in [-0.25, -0.2) is 4.79 Å². The molecular weight excluding hydrogens is 263 g/mol. The van der Waals surface area contributed by atoms with Crippen LogP contribution in [0.1, 0.15) is 44.6 Å². The van der Waals surface area contributed by atoms with E-state index in [1.54, 1.807) is 12.2 Å². The maximum atomic E-state index is 11.2. The first kappa shape index (κ1) is 18.7. The minimum atomic E-state index is -0.881. The summed E-state index contributed by atoms with van der Waals surface area (Å²) in [5.41, 5.74) is 1.25. The highest BCUT2D eigenvalue weighted by atomic mass is 27.0. The van der Waals surface area contributed by atoms with Gasteiger partial charge in [-0.3, -0.25) is 0 Å². The van der Waals surface area contributed by atoms with Crippen molar-refractivity contribution in [1.82, 2.24) is 0 Å². The summed E-state index contributed by atoms with van der Waals surface area (Å²) in [6.45, 7) is 2.18. The largest absolute Gasteiger partial charge is 0.478 e. The van der Waals surface area contributed by atoms with Gasteiger partial charge in [-0.15, -0.1) is 0 Å². The zero-order valence-electron chi connectivity index (χ0n) is 12.1. The normalized spacial score (nSPS) is 11.3. The number of carboxylic acids is 1. The number of aliphatic carboxylic acids is 1. The molecule has 3 radical (unpaired) electrons. The highest BCUT2D eigenvalue weighted by Gasteiger charge is 2.02. The third-order valence-electron chi connectivity index (χ3n) is 2.89. The van der Waals surface area contributed by atoms with Gasteiger partial charge in [0.05, 0.1) is 5.57 Å². The van der Waals surface area contributed by atoms with Crippen LogP contribution in [0.2, 0.25) is 0 Å². The summed E-state index contributed by atoms with van der Waals surface area (Å²) in [5, 5.41) is 9.16. The Bertz CT molecular complexity index is 436. The Morgan fingerprint density at radius 2 is 1.85 bits per heavy atom. The Labute approximate surface area is 132 Å². The molecule has 1 aromatic carbocycles. The van der Waals surface area contributed by atoms with E-state index in [-0.39, 0.29) is 17.4 Å². The predicted molar refractivity (Wildman–Crippen MR) is 85.7 cm³/mol. The molecule has 0 aliphatic heterocycles. The second-order valence-corrected chi connectivity index (χ2v) is 4.57. The zero-order valence-corrected chi connectivity index (χ0v) is 13.2. The third-order valence-corrected chi connectivity index (χ3v) is 2.89. The predicted octanol–water partition coefficient (Wildman–Crippen LogP) is 4.30. The maximum Gasteiger partial charge on any atom is 0.335 e. The molecule has 0 aromatic heterocycles. The smallest absolute Gasteiger partial charge is 0.335 e. The van der Waals surface area contributed by atoms with Gasteiger partial charge in [-0.2, -0.15) is 0 Å². The number of rotatable bonds is 8. The second-order valence-electron chi connectivity index (χ2n) is 4.57. The Hall–Kier alpha value is -1.30. The van der Waals surface area contributed by atoms with Crippen LogP contribution in [0.5, 0.6) is 0 Å². The number of benzene rings is 1. The molecule has 1 rings (SSSR count). The third kappa shape index (κ3) is 7.99. The van der Waals surface area contributed by atoms with E-state index in [1.807, 2.05) is 36.4 Å². The molecule has 3 heteroatoms. The molecule has 0 saturated heterocycles. The molecular formula is C17H22AlO2. The standard InChI is InChI=1S/C17H22O2.Al/c1-2-3-4-5-6-10-13-16(17(18)19)14-15-11-8-7-9-12-15;/h7-14H,2-6H2,1H3,(H,18,19);. The van der Waals surface area contributed by atoms with Crippen LogP contribution in [-0.4, -0.2) is 28.4 Å². The van der Waals surface area contributed by atoms with Gasteiger partial charge in [0.15, 0.2) is 0 Å². The van der Waals surface area contributed by atoms with Crippen molar-refractivity contribution in [2.75, 3.05) is 0 Å². The van der Waals surface area contributed by atoms with Crippen LogP contribution in [-0.2, 0) is 4.79 Å². The topological polar surface area (TPSA) is 37.3 Å². The SMILES string of the molecule is CCCCCCC=CC(=Cc1ccccc1)C(=O)O.[Al]. The van der Waals surface area contributed by atoms with Crippen molar-refractivity contribution in [1.29, 1.82) is 0 Å². The van der Waals surface area contributed by atoms with Gasteiger partial charge in [0, 0.05) is 17.4 Å². The van der Waals surface area contributed by atoms with Crippen LogP contribution < -0.4 is 0 Å². The summed E-state index contributed by atoms with van der Waals surface area (Å²) < 4.78 is 0. The van der Waals surface area contributed by atoms with Crippen molar-refractivity contribution in [3.63, 3.8) is 0 Å². The molecule has 0 unspecified atom stereocenters. The van der Waals surface area contributed by atoms with Gasteiger partial charge in [0.2, 0.25) is 0 Å². The summed E-state index contributed by atoms with van der Waals surface area (Å²) >= 11 is 0. The molecule has 0 atom stereocenters. The van der Waals surface area contributed by atoms with E-state index in [1.165, 1.54) is 19.3 Å². The molecule has 0 saturated carbocycles. The van der Waals surface area contributed by atoms with E-state index < -0.39 is 5.97 Å². The van der Waals surface area contributed by atoms with Crippen molar-refractivity contribution >= 4 is 29.4 Å². The lowest BCUT2D eigenvalue weighted by atomic mass is 10.1. The molecule has 20 heavy (non-hydrogen) atoms. The van der Waals surface area contributed by atoms with Gasteiger partial charge in [0.1, 0.15) is 0 Å². The van der Waals surface area contributed by atoms with Gasteiger partial charge in [-0.1, -0.05) is 68.7 Å². The first-order valence-corrected chi connectivity index (χ1v) is 6.90. The lowest BCUT2D eigenvalue weighted by Crippen LogP contribution is -1.97. The molecule has 0 aliphatic carbocycles. The number of allylic oxidation sites excluding steroid dienone is 1. The molecule has 1 N–H and O–H groups in total. The van der Waals surface area contributed by atoms with E-state index in [9.17, 15) is 4.79 Å². The molecule has 0 bridgehead atoms. The summed E-state index contributed by atoms with van der Waals surface area (Å²) in [6, 6.07) is 9.52. The van der Waals surface area contributed by atoms with Crippen molar-refractivity contribution in [3.8, 4) is 0 Å². The van der Waals surface area contributed by atoms with E-state index in [2.05, 4.69) is 6.92 Å². The zero-order chi connectivity index (χ0) is 13.9. The van der Waals surface area contributed by atoms with Crippen LogP contribution >= 0.6 is 0 Å². The fraction of sp³-hybridized carbons (Fsp3) is 0.353. The Morgan fingerprint density at radius 1 is 1.15 bits per heavy atom. The van der Waals surface area contributed by atoms with Crippen LogP contribution in [0.4, 0.5) is 0 Å². The quantitative estimate of drug-likeness (QED) is 0.334. The van der Waals surface area contributed by atoms with Crippen LogP contribution in [0.15, 0.2) is 48.1 Å². The van der Waals surface area contributed by atoms with E-state index in [4.69, 9.17) is 5.11 Å². The average molecular weight is 285 g/mol. The minimum absolute atomic E-state index is 0. The summed E-state index contributed by atoms with van der Waals surface area (Å²) in [6.07, 6.45) is 11.1. The summed E-state index contributed by atoms with van der Waals surface area (Å²) in [4.78, 5) is 11.2. The van der Waals surface area contributed by atoms with Crippen LogP contribution in [0.3, 0.4) is 0 Å². The Kier molecular flexibility index (Phi) is 10.8. The van der Waals surface area contributed by atoms with Gasteiger partial charge >= 0.3 is 5.97 Å². The molecule has 105 valence electrons. The van der Waals surface area contributed by atoms with E-state index in [0.29, 0.717) is 5.57 Å². The molecule has 1 aromatic rings. The average Bonchev–Trinajstić information content (AvgIpc) is 2.42. The van der Waals surface area contributed by atoms with E-state index in [0.717, 1.165) is 18.4 Å². The minimum Gasteiger partial charge on any atom is -0.478 e. The number of carboxylic acid groups (broad SMARTS) is 1. The molecule has 0 heterocycles. The van der Waals surface area contributed by atoms with Crippen molar-refractivity contribution < 1.29 is 9.90 Å². The highest BCUT2D eigenvalue weighted by Crippen LogP contribution is 2.10. The van der Waals surface area contributed by atoms with E-state index >= 15 is 0 Å². The molecule has 0 spiro atoms. The van der Waals surface area contributed by atoms with Gasteiger partial charge < -0.3 is 5.11 Å². The molecule has 2 nitrogen and oxygen atoms in total. The lowest BCUT2D eigenvalue weighted by molar-refractivity contribution is -0.132. The Morgan fingerprint density at radius 3 is 2.45 bits per heavy atom. The second kappa shape index (κ2) is 11.5. The van der Waals surface area contributed by atoms with Gasteiger partial charge in [-0.05, 0) is 24.5 Å². The first-order valence-electron chi connectivity index (χ1n) is 6.90. The van der Waals surface area contributed by atoms with Crippen molar-refractivity contribution in [2.24, 2.45) is 0 Å². The van der Waals surface area contributed by atoms with Crippen LogP contribution in [0.25, 0.3) is 6.08 Å². The van der Waals surface area contributed by atoms with Crippen LogP contribution in [0, 0.1) is 0 Å². The number of unbranched alkanes of at least 4 members (excludes halogenated alkanes) is 4. The summed E-state index contributed by atoms with van der Waals surface area (Å²) in [7, 11) is 0. The fourth-order valence-electron chi connectivity index (χ4n) is 1.81. The number of hydrogen-bond donors (Lipinski definition) is 1. The van der Waals surface area contributed by atoms with Crippen molar-refractivity contribution in [2.45, 2.75) is 39.0 Å². The Balaban J connectivity index is 0.00000361. The maximum absolute atomic E-state index is 11.2.